The third-order valence-corrected chi connectivity index (χ3v) is 5.20. The maximum Gasteiger partial charge on any atom is 0.406 e. The van der Waals surface area contributed by atoms with E-state index in [-0.39, 0.29) is 37.9 Å². The van der Waals surface area contributed by atoms with E-state index < -0.39 is 24.0 Å². The minimum Gasteiger partial charge on any atom is -0.376 e. The van der Waals surface area contributed by atoms with Crippen LogP contribution < -0.4 is 11.2 Å². The number of carbonyl (C=O) groups excluding carboxylic acids is 1. The van der Waals surface area contributed by atoms with Crippen LogP contribution in [0.4, 0.5) is 13.2 Å². The van der Waals surface area contributed by atoms with Crippen LogP contribution in [0, 0.1) is 6.92 Å². The lowest BCUT2D eigenvalue weighted by Crippen LogP contribution is -2.45. The predicted molar refractivity (Wildman–Crippen MR) is 80.9 cm³/mol. The van der Waals surface area contributed by atoms with Gasteiger partial charge in [-0.25, -0.2) is 4.79 Å². The molecule has 6 nitrogen and oxygen atoms in total. The second kappa shape index (κ2) is 5.85. The molecule has 0 aromatic carbocycles. The third kappa shape index (κ3) is 2.80. The van der Waals surface area contributed by atoms with Crippen molar-refractivity contribution in [2.75, 3.05) is 6.61 Å². The van der Waals surface area contributed by atoms with Gasteiger partial charge in [-0.15, -0.1) is 11.3 Å². The highest BCUT2D eigenvalue weighted by Crippen LogP contribution is 2.28. The van der Waals surface area contributed by atoms with Gasteiger partial charge in [-0.1, -0.05) is 0 Å². The zero-order valence-electron chi connectivity index (χ0n) is 12.6. The van der Waals surface area contributed by atoms with Gasteiger partial charge in [0.05, 0.1) is 22.9 Å². The molecule has 0 radical (unpaired) electrons. The van der Waals surface area contributed by atoms with Crippen LogP contribution in [0.5, 0.6) is 0 Å². The number of hydrogen-bond acceptors (Lipinski definition) is 5. The maximum absolute atomic E-state index is 12.8. The molecular weight excluding hydrogens is 349 g/mol. The number of rotatable bonds is 4. The first kappa shape index (κ1) is 16.9. The Morgan fingerprint density at radius 1 is 1.33 bits per heavy atom. The van der Waals surface area contributed by atoms with Gasteiger partial charge >= 0.3 is 11.9 Å². The molecule has 0 bridgehead atoms. The number of fused-ring (bicyclic) bond motifs is 1. The van der Waals surface area contributed by atoms with Crippen LogP contribution in [0.1, 0.15) is 21.7 Å². The van der Waals surface area contributed by atoms with E-state index in [0.717, 1.165) is 15.9 Å². The van der Waals surface area contributed by atoms with E-state index in [1.165, 1.54) is 6.92 Å². The molecule has 0 saturated carbocycles. The molecule has 0 aliphatic carbocycles. The first-order valence-corrected chi connectivity index (χ1v) is 7.95. The molecule has 1 atom stereocenters. The van der Waals surface area contributed by atoms with Crippen molar-refractivity contribution in [3.05, 3.63) is 31.3 Å². The molecule has 2 aromatic heterocycles. The van der Waals surface area contributed by atoms with Gasteiger partial charge in [-0.05, 0) is 18.9 Å². The number of hydrogen-bond donors (Lipinski definition) is 0. The fraction of sp³-hybridized carbons (Fsp3) is 0.500. The number of ether oxygens (including phenoxy) is 1. The molecule has 1 unspecified atom stereocenters. The molecule has 1 aliphatic rings. The predicted octanol–water partition coefficient (Wildman–Crippen LogP) is 1.70. The topological polar surface area (TPSA) is 70.3 Å². The van der Waals surface area contributed by atoms with Crippen molar-refractivity contribution in [2.45, 2.75) is 38.7 Å². The van der Waals surface area contributed by atoms with Crippen molar-refractivity contribution in [3.63, 3.8) is 0 Å². The van der Waals surface area contributed by atoms with E-state index in [0.29, 0.717) is 19.3 Å². The van der Waals surface area contributed by atoms with Crippen LogP contribution in [0.3, 0.4) is 0 Å². The van der Waals surface area contributed by atoms with E-state index >= 15 is 0 Å². The first-order valence-electron chi connectivity index (χ1n) is 7.13. The van der Waals surface area contributed by atoms with Gasteiger partial charge in [-0.3, -0.25) is 18.7 Å². The van der Waals surface area contributed by atoms with Gasteiger partial charge < -0.3 is 4.74 Å². The van der Waals surface area contributed by atoms with Crippen molar-refractivity contribution in [3.8, 4) is 0 Å². The lowest BCUT2D eigenvalue weighted by atomic mass is 10.2. The fourth-order valence-electron chi connectivity index (χ4n) is 2.64. The summed E-state index contributed by atoms with van der Waals surface area (Å²) in [5, 5.41) is -0.0229. The monoisotopic (exact) mass is 362 g/mol. The largest absolute Gasteiger partial charge is 0.406 e. The normalized spacial score (nSPS) is 17.9. The zero-order chi connectivity index (χ0) is 17.6. The molecule has 0 amide bonds. The number of aromatic nitrogens is 2. The van der Waals surface area contributed by atoms with Gasteiger partial charge in [0.25, 0.3) is 5.56 Å². The Kier molecular flexibility index (Phi) is 4.12. The summed E-state index contributed by atoms with van der Waals surface area (Å²) < 4.78 is 44.8. The summed E-state index contributed by atoms with van der Waals surface area (Å²) in [6, 6.07) is 0. The summed E-state index contributed by atoms with van der Waals surface area (Å²) in [6.45, 7) is 0.383. The van der Waals surface area contributed by atoms with E-state index in [1.807, 2.05) is 0 Å². The van der Waals surface area contributed by atoms with Gasteiger partial charge in [0.15, 0.2) is 6.29 Å². The Hall–Kier alpha value is -1.94. The molecular formula is C14H13F3N2O4S. The number of aryl methyl sites for hydroxylation is 1. The van der Waals surface area contributed by atoms with Crippen molar-refractivity contribution >= 4 is 27.8 Å². The number of halogens is 3. The number of alkyl halides is 3. The van der Waals surface area contributed by atoms with E-state index in [2.05, 4.69) is 0 Å². The third-order valence-electron chi connectivity index (χ3n) is 3.96. The second-order valence-corrected chi connectivity index (χ2v) is 6.60. The molecule has 130 valence electrons. The van der Waals surface area contributed by atoms with Crippen LogP contribution in [0.25, 0.3) is 10.2 Å². The standard InChI is InChI=1S/C14H13F3N2O4S/c1-7-9(5-20)24-12-10(7)11(21)19(6-14(15,16)17)13(22)18(12)4-8-2-3-23-8/h5,8H,2-4,6H2,1H3. The summed E-state index contributed by atoms with van der Waals surface area (Å²) in [6.07, 6.45) is -3.79. The highest BCUT2D eigenvalue weighted by Gasteiger charge is 2.32. The Balaban J connectivity index is 2.31. The van der Waals surface area contributed by atoms with Gasteiger partial charge in [-0.2, -0.15) is 13.2 Å². The zero-order valence-corrected chi connectivity index (χ0v) is 13.4. The molecule has 1 aliphatic heterocycles. The van der Waals surface area contributed by atoms with Gasteiger partial charge in [0.1, 0.15) is 11.4 Å². The summed E-state index contributed by atoms with van der Waals surface area (Å²) in [4.78, 5) is 36.4. The number of carbonyl (C=O) groups is 1. The van der Waals surface area contributed by atoms with E-state index in [9.17, 15) is 27.6 Å². The second-order valence-electron chi connectivity index (χ2n) is 5.57. The smallest absolute Gasteiger partial charge is 0.376 e. The molecule has 24 heavy (non-hydrogen) atoms. The Labute approximate surface area is 137 Å². The molecule has 10 heteroatoms. The summed E-state index contributed by atoms with van der Waals surface area (Å²) in [7, 11) is 0. The quantitative estimate of drug-likeness (QED) is 0.777. The molecule has 1 fully saturated rings. The average molecular weight is 362 g/mol. The highest BCUT2D eigenvalue weighted by molar-refractivity contribution is 7.20. The van der Waals surface area contributed by atoms with Crippen LogP contribution in [-0.2, 0) is 17.8 Å². The minimum atomic E-state index is -4.71. The number of nitrogens with zero attached hydrogens (tertiary/aromatic N) is 2. The van der Waals surface area contributed by atoms with Crippen LogP contribution >= 0.6 is 11.3 Å². The molecule has 3 heterocycles. The van der Waals surface area contributed by atoms with Crippen molar-refractivity contribution < 1.29 is 22.7 Å². The molecule has 0 spiro atoms. The Morgan fingerprint density at radius 2 is 2.00 bits per heavy atom. The van der Waals surface area contributed by atoms with Crippen LogP contribution in [0.2, 0.25) is 0 Å². The van der Waals surface area contributed by atoms with Crippen molar-refractivity contribution in [2.24, 2.45) is 0 Å². The van der Waals surface area contributed by atoms with Gasteiger partial charge in [0.2, 0.25) is 0 Å². The van der Waals surface area contributed by atoms with E-state index in [4.69, 9.17) is 4.74 Å². The molecule has 1 saturated heterocycles. The Bertz CT molecular complexity index is 921. The summed E-state index contributed by atoms with van der Waals surface area (Å²) in [5.74, 6) is 0. The van der Waals surface area contributed by atoms with Crippen molar-refractivity contribution in [1.29, 1.82) is 0 Å². The number of aldehydes is 1. The lowest BCUT2D eigenvalue weighted by Gasteiger charge is -2.27. The average Bonchev–Trinajstić information content (AvgIpc) is 2.77. The molecule has 2 aromatic rings. The lowest BCUT2D eigenvalue weighted by molar-refractivity contribution is -0.142. The Morgan fingerprint density at radius 3 is 2.50 bits per heavy atom. The van der Waals surface area contributed by atoms with Crippen LogP contribution in [-0.4, -0.2) is 34.3 Å². The SMILES string of the molecule is Cc1c(C=O)sc2c1c(=O)n(CC(F)(F)F)c(=O)n2CC1CCO1. The van der Waals surface area contributed by atoms with Crippen molar-refractivity contribution in [1.82, 2.24) is 9.13 Å². The summed E-state index contributed by atoms with van der Waals surface area (Å²) in [5.41, 5.74) is -1.78. The maximum atomic E-state index is 12.8. The van der Waals surface area contributed by atoms with E-state index in [1.54, 1.807) is 0 Å². The molecule has 3 rings (SSSR count). The fourth-order valence-corrected chi connectivity index (χ4v) is 3.75. The molecule has 0 N–H and O–H groups in total. The van der Waals surface area contributed by atoms with Gasteiger partial charge in [0, 0.05) is 6.61 Å². The van der Waals surface area contributed by atoms with Crippen LogP contribution in [0.15, 0.2) is 9.59 Å². The number of thiophene rings is 1. The first-order chi connectivity index (χ1) is 11.2. The highest BCUT2D eigenvalue weighted by atomic mass is 32.1. The minimum absolute atomic E-state index is 0.0229. The summed E-state index contributed by atoms with van der Waals surface area (Å²) >= 11 is 0.927.